The average Bonchev–Trinajstić information content (AvgIpc) is 3.31. The minimum Gasteiger partial charge on any atom is -0.310 e. The normalized spacial score (nSPS) is 20.0. The van der Waals surface area contributed by atoms with Crippen molar-refractivity contribution >= 4 is 11.6 Å². The zero-order valence-electron chi connectivity index (χ0n) is 14.1. The summed E-state index contributed by atoms with van der Waals surface area (Å²) in [6, 6.07) is 12.2. The lowest BCUT2D eigenvalue weighted by molar-refractivity contribution is -0.129. The molecule has 0 bridgehead atoms. The second kappa shape index (κ2) is 6.02. The van der Waals surface area contributed by atoms with Crippen LogP contribution in [0.15, 0.2) is 48.8 Å². The second-order valence-electron chi connectivity index (χ2n) is 6.84. The smallest absolute Gasteiger partial charge is 0.251 e. The molecule has 1 amide bonds. The van der Waals surface area contributed by atoms with Crippen LogP contribution in [0.2, 0.25) is 0 Å². The number of hydrogen-bond acceptors (Lipinski definition) is 3. The molecule has 24 heavy (non-hydrogen) atoms. The molecule has 0 saturated carbocycles. The first kappa shape index (κ1) is 15.3. The van der Waals surface area contributed by atoms with Crippen molar-refractivity contribution in [1.82, 2.24) is 9.88 Å². The van der Waals surface area contributed by atoms with Gasteiger partial charge in [0.05, 0.1) is 5.69 Å². The Bertz CT molecular complexity index is 740. The van der Waals surface area contributed by atoms with Crippen molar-refractivity contribution < 1.29 is 4.79 Å². The van der Waals surface area contributed by atoms with E-state index < -0.39 is 5.54 Å². The third-order valence-electron chi connectivity index (χ3n) is 5.51. The van der Waals surface area contributed by atoms with Crippen molar-refractivity contribution in [3.05, 3.63) is 59.9 Å². The predicted molar refractivity (Wildman–Crippen MR) is 94.9 cm³/mol. The van der Waals surface area contributed by atoms with Gasteiger partial charge in [-0.1, -0.05) is 30.3 Å². The van der Waals surface area contributed by atoms with Gasteiger partial charge in [0.2, 0.25) is 0 Å². The molecule has 2 aliphatic rings. The van der Waals surface area contributed by atoms with Gasteiger partial charge in [0.1, 0.15) is 5.54 Å². The van der Waals surface area contributed by atoms with Gasteiger partial charge in [-0.05, 0) is 56.5 Å². The quantitative estimate of drug-likeness (QED) is 0.872. The van der Waals surface area contributed by atoms with Crippen molar-refractivity contribution in [2.45, 2.75) is 31.7 Å². The third-order valence-corrected chi connectivity index (χ3v) is 5.51. The van der Waals surface area contributed by atoms with E-state index in [4.69, 9.17) is 0 Å². The molecule has 3 heterocycles. The summed E-state index contributed by atoms with van der Waals surface area (Å²) in [5.74, 6) is 0.181. The molecule has 1 fully saturated rings. The first-order valence-electron chi connectivity index (χ1n) is 8.76. The number of likely N-dealkylation sites (tertiary alicyclic amines) is 1. The van der Waals surface area contributed by atoms with E-state index >= 15 is 0 Å². The molecule has 2 aromatic rings. The van der Waals surface area contributed by atoms with Gasteiger partial charge in [0.25, 0.3) is 5.91 Å². The minimum atomic E-state index is -0.608. The second-order valence-corrected chi connectivity index (χ2v) is 6.84. The third kappa shape index (κ3) is 2.33. The molecule has 0 spiro atoms. The van der Waals surface area contributed by atoms with Gasteiger partial charge in [-0.2, -0.15) is 0 Å². The van der Waals surface area contributed by atoms with Crippen LogP contribution in [0.25, 0.3) is 0 Å². The summed E-state index contributed by atoms with van der Waals surface area (Å²) in [4.78, 5) is 22.2. The minimum absolute atomic E-state index is 0.181. The number of carbonyl (C=O) groups is 1. The van der Waals surface area contributed by atoms with E-state index in [-0.39, 0.29) is 5.91 Å². The lowest BCUT2D eigenvalue weighted by atomic mass is 9.88. The molecule has 2 aliphatic heterocycles. The van der Waals surface area contributed by atoms with Crippen molar-refractivity contribution in [2.75, 3.05) is 24.5 Å². The Hall–Kier alpha value is -2.20. The van der Waals surface area contributed by atoms with Crippen molar-refractivity contribution in [2.24, 2.45) is 0 Å². The number of anilines is 1. The molecule has 0 radical (unpaired) electrons. The first-order valence-corrected chi connectivity index (χ1v) is 8.76. The van der Waals surface area contributed by atoms with E-state index in [1.165, 1.54) is 5.56 Å². The van der Waals surface area contributed by atoms with Gasteiger partial charge in [0, 0.05) is 18.9 Å². The van der Waals surface area contributed by atoms with Gasteiger partial charge < -0.3 is 4.90 Å². The maximum absolute atomic E-state index is 13.7. The number of aromatic nitrogens is 1. The molecule has 1 aromatic heterocycles. The van der Waals surface area contributed by atoms with Crippen LogP contribution >= 0.6 is 0 Å². The highest BCUT2D eigenvalue weighted by Crippen LogP contribution is 2.37. The van der Waals surface area contributed by atoms with E-state index in [1.807, 2.05) is 35.4 Å². The highest BCUT2D eigenvalue weighted by atomic mass is 16.2. The first-order chi connectivity index (χ1) is 11.7. The Kier molecular flexibility index (Phi) is 3.85. The summed E-state index contributed by atoms with van der Waals surface area (Å²) < 4.78 is 0. The average molecular weight is 321 g/mol. The number of rotatable bonds is 3. The number of pyridine rings is 1. The molecular formula is C20H23N3O. The fourth-order valence-corrected chi connectivity index (χ4v) is 4.07. The Morgan fingerprint density at radius 1 is 1.08 bits per heavy atom. The topological polar surface area (TPSA) is 36.4 Å². The van der Waals surface area contributed by atoms with Crippen LogP contribution in [0.3, 0.4) is 0 Å². The van der Waals surface area contributed by atoms with Crippen molar-refractivity contribution in [1.29, 1.82) is 0 Å². The zero-order chi connectivity index (χ0) is 16.6. The van der Waals surface area contributed by atoms with Gasteiger partial charge in [-0.15, -0.1) is 0 Å². The number of hydrogen-bond donors (Lipinski definition) is 0. The van der Waals surface area contributed by atoms with Crippen LogP contribution in [0.1, 0.15) is 30.9 Å². The van der Waals surface area contributed by atoms with Gasteiger partial charge >= 0.3 is 0 Å². The molecule has 4 rings (SSSR count). The maximum Gasteiger partial charge on any atom is 0.251 e. The molecule has 0 unspecified atom stereocenters. The number of benzene rings is 1. The molecule has 1 saturated heterocycles. The molecule has 0 N–H and O–H groups in total. The van der Waals surface area contributed by atoms with Crippen molar-refractivity contribution in [3.8, 4) is 0 Å². The summed E-state index contributed by atoms with van der Waals surface area (Å²) in [6.07, 6.45) is 6.88. The maximum atomic E-state index is 13.7. The molecule has 4 heteroatoms. The SMILES string of the molecule is C[C@@](C(=O)N1CCc2cnccc21)(c1ccccc1)N1CCCC1. The van der Waals surface area contributed by atoms with Gasteiger partial charge in [-0.25, -0.2) is 0 Å². The van der Waals surface area contributed by atoms with Crippen LogP contribution in [-0.2, 0) is 16.8 Å². The molecule has 4 nitrogen and oxygen atoms in total. The predicted octanol–water partition coefficient (Wildman–Crippen LogP) is 2.98. The van der Waals surface area contributed by atoms with Gasteiger partial charge in [-0.3, -0.25) is 14.7 Å². The van der Waals surface area contributed by atoms with E-state index in [1.54, 1.807) is 6.20 Å². The summed E-state index contributed by atoms with van der Waals surface area (Å²) in [5, 5.41) is 0. The Balaban J connectivity index is 1.76. The summed E-state index contributed by atoms with van der Waals surface area (Å²) >= 11 is 0. The van der Waals surface area contributed by atoms with Gasteiger partial charge in [0.15, 0.2) is 0 Å². The molecule has 0 aliphatic carbocycles. The number of fused-ring (bicyclic) bond motifs is 1. The van der Waals surface area contributed by atoms with Crippen LogP contribution in [0.5, 0.6) is 0 Å². The summed E-state index contributed by atoms with van der Waals surface area (Å²) in [7, 11) is 0. The van der Waals surface area contributed by atoms with E-state index in [0.29, 0.717) is 0 Å². The largest absolute Gasteiger partial charge is 0.310 e. The Morgan fingerprint density at radius 2 is 1.83 bits per heavy atom. The number of amides is 1. The van der Waals surface area contributed by atoms with E-state index in [2.05, 4.69) is 28.9 Å². The molecular weight excluding hydrogens is 298 g/mol. The molecule has 1 atom stereocenters. The summed E-state index contributed by atoms with van der Waals surface area (Å²) in [5.41, 5.74) is 2.67. The van der Waals surface area contributed by atoms with Crippen LogP contribution < -0.4 is 4.90 Å². The molecule has 1 aromatic carbocycles. The molecule has 124 valence electrons. The van der Waals surface area contributed by atoms with Crippen molar-refractivity contribution in [3.63, 3.8) is 0 Å². The van der Waals surface area contributed by atoms with Crippen LogP contribution in [-0.4, -0.2) is 35.4 Å². The fourth-order valence-electron chi connectivity index (χ4n) is 4.07. The van der Waals surface area contributed by atoms with Crippen LogP contribution in [0, 0.1) is 0 Å². The summed E-state index contributed by atoms with van der Waals surface area (Å²) in [6.45, 7) is 4.80. The number of carbonyl (C=O) groups excluding carboxylic acids is 1. The van der Waals surface area contributed by atoms with E-state index in [9.17, 15) is 4.79 Å². The zero-order valence-corrected chi connectivity index (χ0v) is 14.1. The highest BCUT2D eigenvalue weighted by Gasteiger charge is 2.45. The lowest BCUT2D eigenvalue weighted by Crippen LogP contribution is -2.54. The number of nitrogens with zero attached hydrogens (tertiary/aromatic N) is 3. The standard InChI is InChI=1S/C20H23N3O/c1-20(22-12-5-6-13-22,17-7-3-2-4-8-17)19(24)23-14-10-16-15-21-11-9-18(16)23/h2-4,7-9,11,15H,5-6,10,12-14H2,1H3/t20-/m0/s1. The fraction of sp³-hybridized carbons (Fsp3) is 0.400. The lowest BCUT2D eigenvalue weighted by Gasteiger charge is -2.40. The Labute approximate surface area is 143 Å². The van der Waals surface area contributed by atoms with Crippen LogP contribution in [0.4, 0.5) is 5.69 Å². The highest BCUT2D eigenvalue weighted by molar-refractivity contribution is 6.02. The van der Waals surface area contributed by atoms with E-state index in [0.717, 1.165) is 50.1 Å². The monoisotopic (exact) mass is 321 g/mol. The Morgan fingerprint density at radius 3 is 2.58 bits per heavy atom.